The van der Waals surface area contributed by atoms with Crippen molar-refractivity contribution in [2.75, 3.05) is 53.6 Å². The molecule has 2 rings (SSSR count). The van der Waals surface area contributed by atoms with E-state index in [9.17, 15) is 4.79 Å². The van der Waals surface area contributed by atoms with Crippen molar-refractivity contribution < 1.29 is 14.3 Å². The molecule has 17 heavy (non-hydrogen) atoms. The van der Waals surface area contributed by atoms with E-state index < -0.39 is 0 Å². The molecule has 5 heteroatoms. The fourth-order valence-electron chi connectivity index (χ4n) is 2.84. The van der Waals surface area contributed by atoms with Crippen LogP contribution in [-0.2, 0) is 14.3 Å². The van der Waals surface area contributed by atoms with E-state index in [1.165, 1.54) is 7.11 Å². The third-order valence-electron chi connectivity index (χ3n) is 3.76. The van der Waals surface area contributed by atoms with Crippen molar-refractivity contribution in [3.63, 3.8) is 0 Å². The Balaban J connectivity index is 2.04. The molecule has 0 amide bonds. The van der Waals surface area contributed by atoms with Crippen LogP contribution in [0.25, 0.3) is 0 Å². The van der Waals surface area contributed by atoms with Crippen molar-refractivity contribution in [2.45, 2.75) is 12.5 Å². The minimum Gasteiger partial charge on any atom is -0.468 e. The van der Waals surface area contributed by atoms with Gasteiger partial charge in [0, 0.05) is 19.6 Å². The van der Waals surface area contributed by atoms with E-state index in [1.54, 1.807) is 0 Å². The smallest absolute Gasteiger partial charge is 0.323 e. The van der Waals surface area contributed by atoms with Crippen LogP contribution in [0.15, 0.2) is 0 Å². The average Bonchev–Trinajstić information content (AvgIpc) is 2.77. The van der Waals surface area contributed by atoms with Crippen LogP contribution in [-0.4, -0.2) is 75.4 Å². The van der Waals surface area contributed by atoms with Gasteiger partial charge in [-0.25, -0.2) is 0 Å². The molecule has 2 fully saturated rings. The Labute approximate surface area is 103 Å². The highest BCUT2D eigenvalue weighted by Crippen LogP contribution is 2.24. The van der Waals surface area contributed by atoms with Gasteiger partial charge in [0.1, 0.15) is 6.04 Å². The number of ether oxygens (including phenoxy) is 2. The highest BCUT2D eigenvalue weighted by molar-refractivity contribution is 5.76. The number of esters is 1. The Morgan fingerprint density at radius 1 is 1.35 bits per heavy atom. The predicted molar refractivity (Wildman–Crippen MR) is 63.8 cm³/mol. The molecule has 2 saturated heterocycles. The van der Waals surface area contributed by atoms with Gasteiger partial charge in [0.15, 0.2) is 0 Å². The van der Waals surface area contributed by atoms with Gasteiger partial charge in [0.2, 0.25) is 0 Å². The van der Waals surface area contributed by atoms with Crippen molar-refractivity contribution in [3.8, 4) is 0 Å². The van der Waals surface area contributed by atoms with Gasteiger partial charge in [0.05, 0.1) is 20.3 Å². The van der Waals surface area contributed by atoms with E-state index in [4.69, 9.17) is 9.47 Å². The average molecular weight is 242 g/mol. The maximum atomic E-state index is 12.0. The van der Waals surface area contributed by atoms with E-state index in [1.807, 2.05) is 0 Å². The molecule has 2 unspecified atom stereocenters. The number of methoxy groups -OCH3 is 1. The first-order valence-corrected chi connectivity index (χ1v) is 6.30. The van der Waals surface area contributed by atoms with Crippen LogP contribution < -0.4 is 0 Å². The first kappa shape index (κ1) is 12.8. The summed E-state index contributed by atoms with van der Waals surface area (Å²) in [7, 11) is 3.59. The van der Waals surface area contributed by atoms with Gasteiger partial charge in [-0.05, 0) is 25.9 Å². The summed E-state index contributed by atoms with van der Waals surface area (Å²) in [5, 5.41) is 0. The number of nitrogens with zero attached hydrogens (tertiary/aromatic N) is 2. The second-order valence-electron chi connectivity index (χ2n) is 4.93. The fraction of sp³-hybridized carbons (Fsp3) is 0.917. The zero-order chi connectivity index (χ0) is 12.3. The molecule has 0 aromatic carbocycles. The number of carbonyl (C=O) groups excluding carboxylic acids is 1. The largest absolute Gasteiger partial charge is 0.468 e. The lowest BCUT2D eigenvalue weighted by molar-refractivity contribution is -0.151. The van der Waals surface area contributed by atoms with Crippen molar-refractivity contribution in [3.05, 3.63) is 0 Å². The number of hydrogen-bond acceptors (Lipinski definition) is 5. The maximum absolute atomic E-state index is 12.0. The Kier molecular flexibility index (Phi) is 4.36. The third-order valence-corrected chi connectivity index (χ3v) is 3.76. The fourth-order valence-corrected chi connectivity index (χ4v) is 2.84. The van der Waals surface area contributed by atoms with Gasteiger partial charge in [-0.3, -0.25) is 9.69 Å². The van der Waals surface area contributed by atoms with Crippen molar-refractivity contribution >= 4 is 5.97 Å². The van der Waals surface area contributed by atoms with Crippen LogP contribution >= 0.6 is 0 Å². The number of likely N-dealkylation sites (tertiary alicyclic amines) is 1. The van der Waals surface area contributed by atoms with Gasteiger partial charge < -0.3 is 14.4 Å². The summed E-state index contributed by atoms with van der Waals surface area (Å²) in [5.41, 5.74) is 0. The minimum atomic E-state index is -0.0906. The summed E-state index contributed by atoms with van der Waals surface area (Å²) in [6, 6.07) is -0.0890. The standard InChI is InChI=1S/C12H22N2O3/c1-13-4-3-10(9-13)11(12(15)16-2)14-5-7-17-8-6-14/h10-11H,3-9H2,1-2H3. The molecule has 2 heterocycles. The molecular weight excluding hydrogens is 220 g/mol. The minimum absolute atomic E-state index is 0.0890. The molecule has 0 aromatic rings. The molecule has 0 bridgehead atoms. The SMILES string of the molecule is COC(=O)C(C1CCN(C)C1)N1CCOCC1. The summed E-state index contributed by atoms with van der Waals surface area (Å²) in [6.07, 6.45) is 1.08. The topological polar surface area (TPSA) is 42.0 Å². The lowest BCUT2D eigenvalue weighted by Crippen LogP contribution is -2.51. The molecule has 0 spiro atoms. The van der Waals surface area contributed by atoms with Crippen LogP contribution in [0.1, 0.15) is 6.42 Å². The lowest BCUT2D eigenvalue weighted by Gasteiger charge is -2.35. The Morgan fingerprint density at radius 3 is 2.59 bits per heavy atom. The van der Waals surface area contributed by atoms with Crippen LogP contribution in [0.2, 0.25) is 0 Å². The molecule has 0 aliphatic carbocycles. The van der Waals surface area contributed by atoms with Crippen LogP contribution in [0.5, 0.6) is 0 Å². The van der Waals surface area contributed by atoms with E-state index in [0.29, 0.717) is 5.92 Å². The second-order valence-corrected chi connectivity index (χ2v) is 4.93. The lowest BCUT2D eigenvalue weighted by atomic mass is 9.97. The number of rotatable bonds is 3. The van der Waals surface area contributed by atoms with Gasteiger partial charge in [0.25, 0.3) is 0 Å². The second kappa shape index (κ2) is 5.80. The van der Waals surface area contributed by atoms with E-state index >= 15 is 0 Å². The van der Waals surface area contributed by atoms with Gasteiger partial charge in [-0.15, -0.1) is 0 Å². The summed E-state index contributed by atoms with van der Waals surface area (Å²) in [5.74, 6) is 0.303. The van der Waals surface area contributed by atoms with E-state index in [2.05, 4.69) is 16.8 Å². The molecule has 98 valence electrons. The Morgan fingerprint density at radius 2 is 2.06 bits per heavy atom. The molecular formula is C12H22N2O3. The molecule has 5 nitrogen and oxygen atoms in total. The quantitative estimate of drug-likeness (QED) is 0.642. The van der Waals surface area contributed by atoms with E-state index in [0.717, 1.165) is 45.8 Å². The van der Waals surface area contributed by atoms with Crippen LogP contribution in [0.3, 0.4) is 0 Å². The van der Waals surface area contributed by atoms with Crippen LogP contribution in [0, 0.1) is 5.92 Å². The summed E-state index contributed by atoms with van der Waals surface area (Å²) >= 11 is 0. The monoisotopic (exact) mass is 242 g/mol. The zero-order valence-corrected chi connectivity index (χ0v) is 10.7. The number of morpholine rings is 1. The highest BCUT2D eigenvalue weighted by atomic mass is 16.5. The summed E-state index contributed by atoms with van der Waals surface area (Å²) in [4.78, 5) is 16.5. The molecule has 0 saturated carbocycles. The van der Waals surface area contributed by atoms with Crippen molar-refractivity contribution in [1.29, 1.82) is 0 Å². The first-order valence-electron chi connectivity index (χ1n) is 6.30. The molecule has 0 N–H and O–H groups in total. The normalized spacial score (nSPS) is 29.2. The Bertz CT molecular complexity index is 262. The molecule has 0 radical (unpaired) electrons. The number of carbonyl (C=O) groups is 1. The highest BCUT2D eigenvalue weighted by Gasteiger charge is 2.38. The van der Waals surface area contributed by atoms with Gasteiger partial charge in [-0.1, -0.05) is 0 Å². The van der Waals surface area contributed by atoms with E-state index in [-0.39, 0.29) is 12.0 Å². The van der Waals surface area contributed by atoms with Crippen molar-refractivity contribution in [1.82, 2.24) is 9.80 Å². The number of hydrogen-bond donors (Lipinski definition) is 0. The third kappa shape index (κ3) is 2.97. The van der Waals surface area contributed by atoms with Crippen molar-refractivity contribution in [2.24, 2.45) is 5.92 Å². The maximum Gasteiger partial charge on any atom is 0.323 e. The summed E-state index contributed by atoms with van der Waals surface area (Å²) in [6.45, 7) is 5.16. The van der Waals surface area contributed by atoms with Gasteiger partial charge >= 0.3 is 5.97 Å². The van der Waals surface area contributed by atoms with Crippen LogP contribution in [0.4, 0.5) is 0 Å². The predicted octanol–water partition coefficient (Wildman–Crippen LogP) is -0.188. The summed E-state index contributed by atoms with van der Waals surface area (Å²) < 4.78 is 10.3. The molecule has 2 atom stereocenters. The molecule has 0 aromatic heterocycles. The zero-order valence-electron chi connectivity index (χ0n) is 10.7. The first-order chi connectivity index (χ1) is 8.22. The van der Waals surface area contributed by atoms with Gasteiger partial charge in [-0.2, -0.15) is 0 Å². The molecule has 2 aliphatic heterocycles. The Hall–Kier alpha value is -0.650. The molecule has 2 aliphatic rings.